The zero-order valence-corrected chi connectivity index (χ0v) is 30.3. The Labute approximate surface area is 253 Å². The van der Waals surface area contributed by atoms with Gasteiger partial charge in [0, 0.05) is 51.8 Å². The monoisotopic (exact) mass is 608 g/mol. The number of likely N-dealkylation sites (tertiary alicyclic amines) is 1. The molecule has 41 heavy (non-hydrogen) atoms. The Morgan fingerprint density at radius 1 is 1.00 bits per heavy atom. The van der Waals surface area contributed by atoms with Crippen LogP contribution in [0.25, 0.3) is 0 Å². The van der Waals surface area contributed by atoms with Crippen molar-refractivity contribution in [2.75, 3.05) is 32.8 Å². The lowest BCUT2D eigenvalue weighted by Crippen LogP contribution is -2.58. The van der Waals surface area contributed by atoms with Crippen molar-refractivity contribution in [3.63, 3.8) is 0 Å². The van der Waals surface area contributed by atoms with Crippen LogP contribution >= 0.6 is 0 Å². The highest BCUT2D eigenvalue weighted by molar-refractivity contribution is 6.77. The molecule has 2 aliphatic heterocycles. The fourth-order valence-corrected chi connectivity index (χ4v) is 13.2. The first-order chi connectivity index (χ1) is 18.7. The van der Waals surface area contributed by atoms with E-state index in [4.69, 9.17) is 13.9 Å². The van der Waals surface area contributed by atoms with Crippen molar-refractivity contribution in [1.29, 1.82) is 0 Å². The summed E-state index contributed by atoms with van der Waals surface area (Å²) in [6.07, 6.45) is 4.92. The average Bonchev–Trinajstić information content (AvgIpc) is 2.80. The molecule has 9 heteroatoms. The molecule has 2 amide bonds. The standard InChI is InChI=1S/C32H60N2O5Si2/c1-24(2)41(25(3)4,26(5)6)38-18-14-16-32-22-33(30(36)39-31(8,9)10)17-15-28(32)27(7)21-34(23-32)29(35)37-19-20-40(11,12)13/h15,17,24-26,28H,7,14,16,18-23H2,1-6,8-13H3/t28-,32+/m1/s1. The predicted octanol–water partition coefficient (Wildman–Crippen LogP) is 8.67. The second-order valence-corrected chi connectivity index (χ2v) is 26.6. The number of rotatable bonds is 11. The van der Waals surface area contributed by atoms with Gasteiger partial charge in [-0.05, 0) is 56.3 Å². The van der Waals surface area contributed by atoms with Crippen LogP contribution in [0, 0.1) is 11.3 Å². The number of amides is 2. The molecule has 0 spiro atoms. The van der Waals surface area contributed by atoms with E-state index in [-0.39, 0.29) is 23.5 Å². The number of carbonyl (C=O) groups excluding carboxylic acids is 2. The van der Waals surface area contributed by atoms with Crippen LogP contribution in [0.5, 0.6) is 0 Å². The lowest BCUT2D eigenvalue weighted by molar-refractivity contribution is 0.00166. The zero-order valence-electron chi connectivity index (χ0n) is 28.3. The smallest absolute Gasteiger partial charge is 0.414 e. The molecule has 0 bridgehead atoms. The van der Waals surface area contributed by atoms with E-state index in [0.29, 0.717) is 49.5 Å². The van der Waals surface area contributed by atoms with E-state index >= 15 is 0 Å². The normalized spacial score (nSPS) is 22.0. The minimum Gasteiger partial charge on any atom is -0.450 e. The molecule has 2 heterocycles. The molecule has 2 rings (SSSR count). The lowest BCUT2D eigenvalue weighted by Gasteiger charge is -2.52. The Kier molecular flexibility index (Phi) is 12.0. The summed E-state index contributed by atoms with van der Waals surface area (Å²) < 4.78 is 18.4. The van der Waals surface area contributed by atoms with Gasteiger partial charge in [0.15, 0.2) is 8.32 Å². The van der Waals surface area contributed by atoms with Gasteiger partial charge >= 0.3 is 12.2 Å². The van der Waals surface area contributed by atoms with Crippen LogP contribution in [0.3, 0.4) is 0 Å². The van der Waals surface area contributed by atoms with E-state index in [9.17, 15) is 9.59 Å². The molecule has 0 aromatic carbocycles. The van der Waals surface area contributed by atoms with Gasteiger partial charge < -0.3 is 18.8 Å². The first-order valence-electron chi connectivity index (χ1n) is 15.7. The summed E-state index contributed by atoms with van der Waals surface area (Å²) in [6.45, 7) is 33.3. The first-order valence-corrected chi connectivity index (χ1v) is 21.5. The van der Waals surface area contributed by atoms with Crippen LogP contribution in [-0.2, 0) is 13.9 Å². The summed E-state index contributed by atoms with van der Waals surface area (Å²) in [5.74, 6) is 0.0644. The number of hydrogen-bond acceptors (Lipinski definition) is 5. The highest BCUT2D eigenvalue weighted by atomic mass is 28.4. The summed E-state index contributed by atoms with van der Waals surface area (Å²) in [7, 11) is -3.32. The quantitative estimate of drug-likeness (QED) is 0.133. The van der Waals surface area contributed by atoms with Crippen LogP contribution in [0.15, 0.2) is 24.4 Å². The molecule has 0 aromatic heterocycles. The van der Waals surface area contributed by atoms with Crippen molar-refractivity contribution in [2.24, 2.45) is 11.3 Å². The summed E-state index contributed by atoms with van der Waals surface area (Å²) in [6, 6.07) is 0.932. The van der Waals surface area contributed by atoms with Gasteiger partial charge in [-0.3, -0.25) is 4.90 Å². The van der Waals surface area contributed by atoms with Gasteiger partial charge in [-0.2, -0.15) is 0 Å². The van der Waals surface area contributed by atoms with E-state index in [2.05, 4.69) is 73.8 Å². The molecule has 0 unspecified atom stereocenters. The Bertz CT molecular complexity index is 929. The summed E-state index contributed by atoms with van der Waals surface area (Å²) in [5.41, 5.74) is 1.55. The predicted molar refractivity (Wildman–Crippen MR) is 174 cm³/mol. The van der Waals surface area contributed by atoms with Crippen molar-refractivity contribution in [3.05, 3.63) is 24.4 Å². The van der Waals surface area contributed by atoms with E-state index in [1.165, 1.54) is 0 Å². The number of carbonyl (C=O) groups is 2. The maximum Gasteiger partial charge on any atom is 0.414 e. The Hall–Kier alpha value is -1.59. The third kappa shape index (κ3) is 9.20. The fourth-order valence-electron chi connectivity index (χ4n) is 6.98. The SMILES string of the molecule is C=C1CN(C(=O)OCC[Si](C)(C)C)C[C@]2(CCCO[Si](C(C)C)(C(C)C)C(C)C)CN(C(=O)OC(C)(C)C)C=C[C@H]12. The average molecular weight is 609 g/mol. The number of piperidine rings is 1. The van der Waals surface area contributed by atoms with Gasteiger partial charge in [0.05, 0.1) is 6.61 Å². The molecular weight excluding hydrogens is 549 g/mol. The van der Waals surface area contributed by atoms with Gasteiger partial charge in [0.25, 0.3) is 0 Å². The number of allylic oxidation sites excluding steroid dienone is 1. The summed E-state index contributed by atoms with van der Waals surface area (Å²) in [4.78, 5) is 29.9. The maximum atomic E-state index is 13.3. The van der Waals surface area contributed by atoms with Gasteiger partial charge in [-0.25, -0.2) is 9.59 Å². The molecule has 0 radical (unpaired) electrons. The van der Waals surface area contributed by atoms with Crippen LogP contribution in [0.1, 0.15) is 75.2 Å². The molecular formula is C32H60N2O5Si2. The van der Waals surface area contributed by atoms with Crippen molar-refractivity contribution >= 4 is 28.6 Å². The van der Waals surface area contributed by atoms with Crippen molar-refractivity contribution in [1.82, 2.24) is 9.80 Å². The highest BCUT2D eigenvalue weighted by Gasteiger charge is 2.50. The molecule has 7 nitrogen and oxygen atoms in total. The molecule has 0 saturated carbocycles. The molecule has 0 N–H and O–H groups in total. The molecule has 2 aliphatic rings. The minimum atomic E-state index is -1.99. The third-order valence-electron chi connectivity index (χ3n) is 8.78. The maximum absolute atomic E-state index is 13.3. The Morgan fingerprint density at radius 2 is 1.59 bits per heavy atom. The zero-order chi connectivity index (χ0) is 31.4. The minimum absolute atomic E-state index is 0.0644. The van der Waals surface area contributed by atoms with Crippen LogP contribution in [-0.4, -0.2) is 76.8 Å². The molecule has 2 atom stereocenters. The van der Waals surface area contributed by atoms with E-state index in [0.717, 1.165) is 24.5 Å². The van der Waals surface area contributed by atoms with Crippen molar-refractivity contribution in [3.8, 4) is 0 Å². The van der Waals surface area contributed by atoms with E-state index < -0.39 is 22.0 Å². The Morgan fingerprint density at radius 3 is 2.10 bits per heavy atom. The van der Waals surface area contributed by atoms with Gasteiger partial charge in [-0.15, -0.1) is 0 Å². The molecule has 0 aromatic rings. The second-order valence-electron chi connectivity index (χ2n) is 15.5. The van der Waals surface area contributed by atoms with Crippen LogP contribution in [0.2, 0.25) is 42.3 Å². The molecule has 0 aliphatic carbocycles. The number of nitrogens with zero attached hydrogens (tertiary/aromatic N) is 2. The largest absolute Gasteiger partial charge is 0.450 e. The first kappa shape index (κ1) is 35.6. The topological polar surface area (TPSA) is 68.3 Å². The lowest BCUT2D eigenvalue weighted by atomic mass is 9.65. The Balaban J connectivity index is 2.30. The van der Waals surface area contributed by atoms with Gasteiger partial charge in [0.1, 0.15) is 5.60 Å². The summed E-state index contributed by atoms with van der Waals surface area (Å²) >= 11 is 0. The third-order valence-corrected chi connectivity index (χ3v) is 16.6. The second kappa shape index (κ2) is 13.8. The molecule has 1 fully saturated rings. The highest BCUT2D eigenvalue weighted by Crippen LogP contribution is 2.47. The van der Waals surface area contributed by atoms with Crippen LogP contribution < -0.4 is 0 Å². The van der Waals surface area contributed by atoms with Gasteiger partial charge in [-0.1, -0.05) is 79.4 Å². The number of fused-ring (bicyclic) bond motifs is 1. The van der Waals surface area contributed by atoms with Crippen LogP contribution in [0.4, 0.5) is 9.59 Å². The number of hydrogen-bond donors (Lipinski definition) is 0. The van der Waals surface area contributed by atoms with Crippen molar-refractivity contribution < 1.29 is 23.5 Å². The fraction of sp³-hybridized carbons (Fsp3) is 0.812. The van der Waals surface area contributed by atoms with Gasteiger partial charge in [0.2, 0.25) is 0 Å². The molecule has 1 saturated heterocycles. The van der Waals surface area contributed by atoms with E-state index in [1.807, 2.05) is 27.0 Å². The number of ether oxygens (including phenoxy) is 2. The van der Waals surface area contributed by atoms with E-state index in [1.54, 1.807) is 9.80 Å². The molecule has 236 valence electrons. The summed E-state index contributed by atoms with van der Waals surface area (Å²) in [5, 5.41) is 0. The van der Waals surface area contributed by atoms with Crippen molar-refractivity contribution in [2.45, 2.75) is 123 Å².